The van der Waals surface area contributed by atoms with E-state index in [0.717, 1.165) is 76.9 Å². The zero-order valence-corrected chi connectivity index (χ0v) is 26.1. The van der Waals surface area contributed by atoms with Crippen LogP contribution in [0.25, 0.3) is 21.1 Å². The number of hydrogen-bond donors (Lipinski definition) is 0. The number of aryl methyl sites for hydroxylation is 2. The number of thiazole rings is 1. The van der Waals surface area contributed by atoms with Gasteiger partial charge in [-0.25, -0.2) is 16.5 Å². The van der Waals surface area contributed by atoms with Crippen molar-refractivity contribution in [3.05, 3.63) is 51.8 Å². The molecule has 3 aliphatic heterocycles. The molecule has 0 saturated carbocycles. The Balaban J connectivity index is 1.07. The smallest absolute Gasteiger partial charge is 0.258 e. The van der Waals surface area contributed by atoms with E-state index in [1.807, 2.05) is 47.7 Å². The average molecular weight is 613 g/mol. The summed E-state index contributed by atoms with van der Waals surface area (Å²) in [6.07, 6.45) is 1.83. The molecule has 0 aliphatic carbocycles. The molecule has 11 nitrogen and oxygen atoms in total. The van der Waals surface area contributed by atoms with Crippen LogP contribution in [0.4, 0.5) is 16.1 Å². The Labute approximate surface area is 258 Å². The average Bonchev–Trinajstić information content (AvgIpc) is 3.73. The summed E-state index contributed by atoms with van der Waals surface area (Å²) < 4.78 is 1.93. The number of benzene rings is 1. The van der Waals surface area contributed by atoms with E-state index < -0.39 is 0 Å². The number of hydrogen-bond acceptors (Lipinski definition) is 10. The van der Waals surface area contributed by atoms with Gasteiger partial charge in [-0.15, -0.1) is 5.10 Å². The standard InChI is InChI=1S/C30H32N10OS2/c1-5-22-26(36(4)27-34-25(23(12-31)42-27)20-8-6-19(2)7-9-20)40-28(33-22)43-29(35-40)38-11-10-30(18-38)16-37(17-30)15-24(41)39-13-21(14-39)32-3/h6-9,21H,5,10-11,13-18H2,1-2,4H3. The van der Waals surface area contributed by atoms with Gasteiger partial charge in [0.25, 0.3) is 6.04 Å². The first-order valence-corrected chi connectivity index (χ1v) is 16.1. The number of likely N-dealkylation sites (tertiary alicyclic amines) is 2. The molecule has 0 atom stereocenters. The summed E-state index contributed by atoms with van der Waals surface area (Å²) in [5.74, 6) is 1.02. The summed E-state index contributed by atoms with van der Waals surface area (Å²) in [6.45, 7) is 16.5. The Kier molecular flexibility index (Phi) is 6.84. The lowest BCUT2D eigenvalue weighted by molar-refractivity contribution is -0.139. The molecule has 0 bridgehead atoms. The predicted molar refractivity (Wildman–Crippen MR) is 168 cm³/mol. The number of nitriles is 1. The summed E-state index contributed by atoms with van der Waals surface area (Å²) in [4.78, 5) is 35.7. The largest absolute Gasteiger partial charge is 0.346 e. The van der Waals surface area contributed by atoms with E-state index in [4.69, 9.17) is 21.6 Å². The molecule has 7 rings (SSSR count). The van der Waals surface area contributed by atoms with Crippen molar-refractivity contribution in [3.63, 3.8) is 0 Å². The van der Waals surface area contributed by atoms with Crippen LogP contribution < -0.4 is 9.80 Å². The summed E-state index contributed by atoms with van der Waals surface area (Å²) in [7, 11) is 1.97. The Hall–Kier alpha value is -4.04. The fraction of sp³-hybridized carbons (Fsp3) is 0.467. The van der Waals surface area contributed by atoms with Crippen molar-refractivity contribution in [2.75, 3.05) is 62.7 Å². The third kappa shape index (κ3) is 4.82. The second-order valence-corrected chi connectivity index (χ2v) is 13.8. The van der Waals surface area contributed by atoms with E-state index >= 15 is 0 Å². The van der Waals surface area contributed by atoms with Gasteiger partial charge in [0, 0.05) is 44.2 Å². The molecule has 3 saturated heterocycles. The fourth-order valence-electron chi connectivity index (χ4n) is 6.40. The molecule has 1 aromatic carbocycles. The number of carbonyl (C=O) groups is 1. The first-order chi connectivity index (χ1) is 20.8. The summed E-state index contributed by atoms with van der Waals surface area (Å²) in [5.41, 5.74) is 3.93. The lowest BCUT2D eigenvalue weighted by Gasteiger charge is -2.48. The van der Waals surface area contributed by atoms with E-state index in [2.05, 4.69) is 27.6 Å². The van der Waals surface area contributed by atoms with Gasteiger partial charge in [0.1, 0.15) is 16.6 Å². The number of amides is 1. The third-order valence-corrected chi connectivity index (χ3v) is 10.8. The molecule has 0 radical (unpaired) electrons. The molecule has 13 heteroatoms. The first kappa shape index (κ1) is 27.8. The van der Waals surface area contributed by atoms with Crippen LogP contribution in [-0.4, -0.2) is 94.2 Å². The summed E-state index contributed by atoms with van der Waals surface area (Å²) in [5, 5.41) is 16.6. The highest BCUT2D eigenvalue weighted by molar-refractivity contribution is 7.20. The minimum Gasteiger partial charge on any atom is -0.346 e. The van der Waals surface area contributed by atoms with Crippen LogP contribution in [0, 0.1) is 30.2 Å². The maximum Gasteiger partial charge on any atom is 0.258 e. The highest BCUT2D eigenvalue weighted by Gasteiger charge is 2.49. The van der Waals surface area contributed by atoms with E-state index in [1.54, 1.807) is 16.2 Å². The zero-order chi connectivity index (χ0) is 29.9. The van der Waals surface area contributed by atoms with Crippen molar-refractivity contribution < 1.29 is 4.79 Å². The number of imidazole rings is 1. The molecule has 1 spiro atoms. The lowest BCUT2D eigenvalue weighted by atomic mass is 9.79. The lowest BCUT2D eigenvalue weighted by Crippen LogP contribution is -2.62. The zero-order valence-electron chi connectivity index (χ0n) is 24.4. The monoisotopic (exact) mass is 612 g/mol. The van der Waals surface area contributed by atoms with Gasteiger partial charge in [-0.05, 0) is 19.8 Å². The number of aromatic nitrogens is 4. The quantitative estimate of drug-likeness (QED) is 0.288. The van der Waals surface area contributed by atoms with Crippen LogP contribution in [0.15, 0.2) is 24.3 Å². The van der Waals surface area contributed by atoms with Gasteiger partial charge < -0.3 is 19.5 Å². The number of anilines is 3. The molecule has 3 aliphatic rings. The summed E-state index contributed by atoms with van der Waals surface area (Å²) in [6, 6.07) is 10.4. The van der Waals surface area contributed by atoms with E-state index in [9.17, 15) is 10.1 Å². The number of carbonyl (C=O) groups excluding carboxylic acids is 1. The molecule has 4 aromatic rings. The van der Waals surface area contributed by atoms with Crippen molar-refractivity contribution in [1.82, 2.24) is 29.4 Å². The van der Waals surface area contributed by atoms with E-state index in [0.29, 0.717) is 30.2 Å². The topological polar surface area (TPSA) is 101 Å². The maximum atomic E-state index is 12.5. The Morgan fingerprint density at radius 2 is 1.98 bits per heavy atom. The highest BCUT2D eigenvalue weighted by Crippen LogP contribution is 2.43. The van der Waals surface area contributed by atoms with Gasteiger partial charge in [-0.1, -0.05) is 59.4 Å². The second kappa shape index (κ2) is 10.6. The van der Waals surface area contributed by atoms with Gasteiger partial charge in [-0.2, -0.15) is 9.78 Å². The van der Waals surface area contributed by atoms with Gasteiger partial charge >= 0.3 is 0 Å². The van der Waals surface area contributed by atoms with Crippen LogP contribution in [0.1, 0.15) is 29.5 Å². The molecule has 43 heavy (non-hydrogen) atoms. The SMILES string of the molecule is [C-]#[N+]C1CN(C(=O)CN2CC3(CCN(c4nn5c(N(C)c6nc(-c7ccc(C)cc7)c(C#N)s6)c(CC)nc5s4)C3)C2)C1. The van der Waals surface area contributed by atoms with E-state index in [-0.39, 0.29) is 17.4 Å². The minimum atomic E-state index is -0.0177. The molecule has 3 fully saturated rings. The number of fused-ring (bicyclic) bond motifs is 1. The molecular formula is C30H32N10OS2. The third-order valence-electron chi connectivity index (χ3n) is 8.80. The normalized spacial score (nSPS) is 18.1. The second-order valence-electron chi connectivity index (χ2n) is 11.9. The van der Waals surface area contributed by atoms with Crippen molar-refractivity contribution in [2.45, 2.75) is 32.7 Å². The fourth-order valence-corrected chi connectivity index (χ4v) is 8.19. The Morgan fingerprint density at radius 1 is 1.21 bits per heavy atom. The minimum absolute atomic E-state index is 0.0177. The number of nitrogens with zero attached hydrogens (tertiary/aromatic N) is 10. The summed E-state index contributed by atoms with van der Waals surface area (Å²) >= 11 is 2.98. The molecule has 0 unspecified atom stereocenters. The van der Waals surface area contributed by atoms with Crippen LogP contribution in [0.3, 0.4) is 0 Å². The Morgan fingerprint density at radius 3 is 2.67 bits per heavy atom. The van der Waals surface area contributed by atoms with Gasteiger partial charge in [0.15, 0.2) is 10.9 Å². The van der Waals surface area contributed by atoms with Crippen LogP contribution >= 0.6 is 22.7 Å². The van der Waals surface area contributed by atoms with Crippen LogP contribution in [0.2, 0.25) is 0 Å². The molecule has 1 amide bonds. The molecule has 0 N–H and O–H groups in total. The van der Waals surface area contributed by atoms with Crippen molar-refractivity contribution in [1.29, 1.82) is 5.26 Å². The first-order valence-electron chi connectivity index (χ1n) is 14.5. The van der Waals surface area contributed by atoms with Crippen molar-refractivity contribution in [2.24, 2.45) is 5.41 Å². The van der Waals surface area contributed by atoms with Gasteiger partial charge in [0.2, 0.25) is 16.0 Å². The molecule has 6 heterocycles. The van der Waals surface area contributed by atoms with Gasteiger partial charge in [-0.3, -0.25) is 9.69 Å². The number of rotatable bonds is 7. The van der Waals surface area contributed by atoms with Gasteiger partial charge in [0.05, 0.1) is 25.3 Å². The van der Waals surface area contributed by atoms with Crippen LogP contribution in [-0.2, 0) is 11.2 Å². The van der Waals surface area contributed by atoms with Crippen LogP contribution in [0.5, 0.6) is 0 Å². The maximum absolute atomic E-state index is 12.5. The Bertz CT molecular complexity index is 1780. The highest BCUT2D eigenvalue weighted by atomic mass is 32.1. The van der Waals surface area contributed by atoms with E-state index in [1.165, 1.54) is 11.3 Å². The molecular weight excluding hydrogens is 581 g/mol. The van der Waals surface area contributed by atoms with Crippen molar-refractivity contribution in [3.8, 4) is 17.3 Å². The molecule has 220 valence electrons. The predicted octanol–water partition coefficient (Wildman–Crippen LogP) is 4.07. The van der Waals surface area contributed by atoms with Crippen molar-refractivity contribution >= 4 is 49.6 Å². The molecule has 3 aromatic heterocycles.